The number of nitro benzene ring substituents is 1. The normalized spacial score (nSPS) is 17.2. The fourth-order valence-electron chi connectivity index (χ4n) is 2.82. The van der Waals surface area contributed by atoms with Crippen molar-refractivity contribution >= 4 is 11.6 Å². The van der Waals surface area contributed by atoms with Crippen LogP contribution in [0.3, 0.4) is 0 Å². The van der Waals surface area contributed by atoms with Crippen LogP contribution in [0.1, 0.15) is 29.0 Å². The van der Waals surface area contributed by atoms with Gasteiger partial charge in [0, 0.05) is 36.5 Å². The number of likely N-dealkylation sites (tertiary alicyclic amines) is 1. The van der Waals surface area contributed by atoms with Crippen molar-refractivity contribution in [1.82, 2.24) is 14.9 Å². The highest BCUT2D eigenvalue weighted by molar-refractivity contribution is 5.94. The lowest BCUT2D eigenvalue weighted by Crippen LogP contribution is -2.44. The molecule has 2 heterocycles. The predicted octanol–water partition coefficient (Wildman–Crippen LogP) is 2.38. The molecule has 8 nitrogen and oxygen atoms in total. The van der Waals surface area contributed by atoms with Crippen molar-refractivity contribution in [2.24, 2.45) is 0 Å². The van der Waals surface area contributed by atoms with E-state index in [1.807, 2.05) is 0 Å². The number of benzene rings is 1. The van der Waals surface area contributed by atoms with Crippen LogP contribution in [-0.2, 0) is 0 Å². The number of hydrogen-bond acceptors (Lipinski definition) is 6. The number of amides is 1. The van der Waals surface area contributed by atoms with Crippen LogP contribution >= 0.6 is 0 Å². The molecule has 25 heavy (non-hydrogen) atoms. The van der Waals surface area contributed by atoms with E-state index < -0.39 is 4.92 Å². The molecule has 0 N–H and O–H groups in total. The summed E-state index contributed by atoms with van der Waals surface area (Å²) in [4.78, 5) is 32.9. The third-order valence-electron chi connectivity index (χ3n) is 4.01. The summed E-state index contributed by atoms with van der Waals surface area (Å²) in [5.74, 6) is 0.885. The smallest absolute Gasteiger partial charge is 0.270 e. The second-order valence-corrected chi connectivity index (χ2v) is 5.88. The second kappa shape index (κ2) is 7.25. The summed E-state index contributed by atoms with van der Waals surface area (Å²) in [6.07, 6.45) is 3.09. The van der Waals surface area contributed by atoms with Crippen LogP contribution in [0.2, 0.25) is 0 Å². The molecule has 1 aliphatic rings. The Bertz CT molecular complexity index is 796. The minimum absolute atomic E-state index is 0.0906. The molecular weight excluding hydrogens is 324 g/mol. The van der Waals surface area contributed by atoms with E-state index >= 15 is 0 Å². The standard InChI is InChI=1S/C17H18N4O4/c1-12-18-8-7-16(19-12)25-15-6-3-9-20(11-15)17(22)13-4-2-5-14(10-13)21(23)24/h2,4-5,7-8,10,15H,3,6,9,11H2,1H3. The van der Waals surface area contributed by atoms with Crippen molar-refractivity contribution in [2.75, 3.05) is 13.1 Å². The molecule has 3 rings (SSSR count). The molecule has 1 unspecified atom stereocenters. The van der Waals surface area contributed by atoms with Crippen molar-refractivity contribution in [3.8, 4) is 5.88 Å². The molecule has 0 radical (unpaired) electrons. The van der Waals surface area contributed by atoms with Gasteiger partial charge in [-0.25, -0.2) is 4.98 Å². The van der Waals surface area contributed by atoms with Gasteiger partial charge in [0.05, 0.1) is 11.5 Å². The number of nitrogens with zero attached hydrogens (tertiary/aromatic N) is 4. The van der Waals surface area contributed by atoms with E-state index in [2.05, 4.69) is 9.97 Å². The molecule has 1 fully saturated rings. The highest BCUT2D eigenvalue weighted by Crippen LogP contribution is 2.20. The lowest BCUT2D eigenvalue weighted by atomic mass is 10.1. The van der Waals surface area contributed by atoms with Crippen LogP contribution < -0.4 is 4.74 Å². The third-order valence-corrected chi connectivity index (χ3v) is 4.01. The molecule has 1 atom stereocenters. The summed E-state index contributed by atoms with van der Waals surface area (Å²) in [5.41, 5.74) is 0.222. The minimum atomic E-state index is -0.504. The Labute approximate surface area is 144 Å². The lowest BCUT2D eigenvalue weighted by molar-refractivity contribution is -0.384. The van der Waals surface area contributed by atoms with E-state index in [0.29, 0.717) is 30.4 Å². The first-order chi connectivity index (χ1) is 12.0. The lowest BCUT2D eigenvalue weighted by Gasteiger charge is -2.32. The Hall–Kier alpha value is -3.03. The summed E-state index contributed by atoms with van der Waals surface area (Å²) < 4.78 is 5.86. The van der Waals surface area contributed by atoms with Gasteiger partial charge in [-0.1, -0.05) is 6.07 Å². The number of hydrogen-bond donors (Lipinski definition) is 0. The molecular formula is C17H18N4O4. The topological polar surface area (TPSA) is 98.5 Å². The summed E-state index contributed by atoms with van der Waals surface area (Å²) >= 11 is 0. The van der Waals surface area contributed by atoms with E-state index in [9.17, 15) is 14.9 Å². The first-order valence-corrected chi connectivity index (χ1v) is 8.03. The van der Waals surface area contributed by atoms with E-state index in [0.717, 1.165) is 12.8 Å². The molecule has 2 aromatic rings. The first kappa shape index (κ1) is 16.8. The molecule has 0 spiro atoms. The van der Waals surface area contributed by atoms with Crippen LogP contribution in [-0.4, -0.2) is 44.9 Å². The van der Waals surface area contributed by atoms with Crippen molar-refractivity contribution in [1.29, 1.82) is 0 Å². The van der Waals surface area contributed by atoms with Crippen molar-refractivity contribution in [3.63, 3.8) is 0 Å². The molecule has 1 aromatic carbocycles. The monoisotopic (exact) mass is 342 g/mol. The van der Waals surface area contributed by atoms with Gasteiger partial charge in [-0.3, -0.25) is 14.9 Å². The molecule has 1 aromatic heterocycles. The number of nitro groups is 1. The zero-order valence-corrected chi connectivity index (χ0v) is 13.8. The maximum Gasteiger partial charge on any atom is 0.270 e. The van der Waals surface area contributed by atoms with Gasteiger partial charge in [0.15, 0.2) is 0 Å². The Morgan fingerprint density at radius 2 is 2.24 bits per heavy atom. The highest BCUT2D eigenvalue weighted by Gasteiger charge is 2.26. The van der Waals surface area contributed by atoms with E-state index in [-0.39, 0.29) is 17.7 Å². The number of ether oxygens (including phenoxy) is 1. The molecule has 0 bridgehead atoms. The quantitative estimate of drug-likeness (QED) is 0.625. The zero-order chi connectivity index (χ0) is 17.8. The summed E-state index contributed by atoms with van der Waals surface area (Å²) in [6.45, 7) is 2.81. The van der Waals surface area contributed by atoms with Gasteiger partial charge in [0.1, 0.15) is 11.9 Å². The van der Waals surface area contributed by atoms with Gasteiger partial charge >= 0.3 is 0 Å². The largest absolute Gasteiger partial charge is 0.472 e. The van der Waals surface area contributed by atoms with E-state index in [4.69, 9.17) is 4.74 Å². The van der Waals surface area contributed by atoms with Crippen LogP contribution in [0.25, 0.3) is 0 Å². The number of aryl methyl sites for hydroxylation is 1. The third kappa shape index (κ3) is 4.09. The number of rotatable bonds is 4. The number of non-ortho nitro benzene ring substituents is 1. The highest BCUT2D eigenvalue weighted by atomic mass is 16.6. The van der Waals surface area contributed by atoms with Crippen molar-refractivity contribution in [2.45, 2.75) is 25.9 Å². The van der Waals surface area contributed by atoms with Crippen LogP contribution in [0.4, 0.5) is 5.69 Å². The predicted molar refractivity (Wildman–Crippen MR) is 89.4 cm³/mol. The van der Waals surface area contributed by atoms with Crippen LogP contribution in [0.15, 0.2) is 36.5 Å². The van der Waals surface area contributed by atoms with Crippen LogP contribution in [0.5, 0.6) is 5.88 Å². The fourth-order valence-corrected chi connectivity index (χ4v) is 2.82. The molecule has 1 aliphatic heterocycles. The van der Waals surface area contributed by atoms with Crippen molar-refractivity contribution < 1.29 is 14.5 Å². The summed E-state index contributed by atoms with van der Waals surface area (Å²) in [5, 5.41) is 10.9. The number of aromatic nitrogens is 2. The molecule has 1 saturated heterocycles. The average Bonchev–Trinajstić information content (AvgIpc) is 2.61. The maximum absolute atomic E-state index is 12.6. The second-order valence-electron chi connectivity index (χ2n) is 5.88. The number of piperidine rings is 1. The number of carbonyl (C=O) groups excluding carboxylic acids is 1. The zero-order valence-electron chi connectivity index (χ0n) is 13.8. The summed E-state index contributed by atoms with van der Waals surface area (Å²) in [7, 11) is 0. The Balaban J connectivity index is 1.69. The van der Waals surface area contributed by atoms with Gasteiger partial charge in [-0.2, -0.15) is 4.98 Å². The van der Waals surface area contributed by atoms with Gasteiger partial charge < -0.3 is 9.64 Å². The maximum atomic E-state index is 12.6. The van der Waals surface area contributed by atoms with Crippen molar-refractivity contribution in [3.05, 3.63) is 58.0 Å². The van der Waals surface area contributed by atoms with Gasteiger partial charge in [0.25, 0.3) is 11.6 Å². The Morgan fingerprint density at radius 3 is 3.00 bits per heavy atom. The molecule has 130 valence electrons. The fraction of sp³-hybridized carbons (Fsp3) is 0.353. The summed E-state index contributed by atoms with van der Waals surface area (Å²) in [6, 6.07) is 7.48. The van der Waals surface area contributed by atoms with Gasteiger partial charge in [0.2, 0.25) is 5.88 Å². The molecule has 0 aliphatic carbocycles. The van der Waals surface area contributed by atoms with Crippen LogP contribution in [0, 0.1) is 17.0 Å². The van der Waals surface area contributed by atoms with Gasteiger partial charge in [-0.15, -0.1) is 0 Å². The molecule has 0 saturated carbocycles. The Kier molecular flexibility index (Phi) is 4.87. The number of carbonyl (C=O) groups is 1. The average molecular weight is 342 g/mol. The molecule has 8 heteroatoms. The SMILES string of the molecule is Cc1nccc(OC2CCCN(C(=O)c3cccc([N+](=O)[O-])c3)C2)n1. The minimum Gasteiger partial charge on any atom is -0.472 e. The first-order valence-electron chi connectivity index (χ1n) is 8.03. The van der Waals surface area contributed by atoms with E-state index in [1.165, 1.54) is 18.2 Å². The molecule has 1 amide bonds. The van der Waals surface area contributed by atoms with E-state index in [1.54, 1.807) is 30.2 Å². The Morgan fingerprint density at radius 1 is 1.40 bits per heavy atom. The van der Waals surface area contributed by atoms with Gasteiger partial charge in [-0.05, 0) is 25.8 Å².